The zero-order valence-electron chi connectivity index (χ0n) is 13.1. The van der Waals surface area contributed by atoms with E-state index in [2.05, 4.69) is 5.32 Å². The Kier molecular flexibility index (Phi) is 5.55. The Morgan fingerprint density at radius 2 is 1.96 bits per heavy atom. The largest absolute Gasteiger partial charge is 0.480 e. The maximum atomic E-state index is 13.0. The fraction of sp³-hybridized carbons (Fsp3) is 0.467. The van der Waals surface area contributed by atoms with Gasteiger partial charge in [0, 0.05) is 13.1 Å². The van der Waals surface area contributed by atoms with Gasteiger partial charge in [-0.1, -0.05) is 0 Å². The summed E-state index contributed by atoms with van der Waals surface area (Å²) < 4.78 is 39.3. The molecular weight excluding hydrogens is 339 g/mol. The lowest BCUT2D eigenvalue weighted by molar-refractivity contribution is -0.142. The lowest BCUT2D eigenvalue weighted by Gasteiger charge is -2.31. The fourth-order valence-electron chi connectivity index (χ4n) is 2.52. The van der Waals surface area contributed by atoms with E-state index >= 15 is 0 Å². The molecule has 7 nitrogen and oxygen atoms in total. The molecule has 9 heteroatoms. The number of sulfonamides is 1. The van der Waals surface area contributed by atoms with Crippen molar-refractivity contribution in [1.29, 1.82) is 0 Å². The Labute approximate surface area is 139 Å². The molecule has 2 unspecified atom stereocenters. The molecule has 2 rings (SSSR count). The first-order valence-corrected chi connectivity index (χ1v) is 8.94. The lowest BCUT2D eigenvalue weighted by atomic mass is 9.98. The molecule has 132 valence electrons. The minimum absolute atomic E-state index is 0.0299. The molecule has 24 heavy (non-hydrogen) atoms. The number of halogens is 1. The van der Waals surface area contributed by atoms with Crippen LogP contribution in [0.5, 0.6) is 0 Å². The van der Waals surface area contributed by atoms with Crippen LogP contribution in [0.15, 0.2) is 29.2 Å². The molecule has 1 heterocycles. The molecule has 1 aliphatic heterocycles. The van der Waals surface area contributed by atoms with Gasteiger partial charge in [0.2, 0.25) is 15.9 Å². The normalized spacial score (nSPS) is 20.3. The first kappa shape index (κ1) is 18.3. The molecule has 1 aromatic rings. The van der Waals surface area contributed by atoms with E-state index in [1.54, 1.807) is 0 Å². The Hall–Kier alpha value is -2.00. The average Bonchev–Trinajstić information content (AvgIpc) is 2.55. The van der Waals surface area contributed by atoms with Crippen LogP contribution in [0.1, 0.15) is 19.8 Å². The van der Waals surface area contributed by atoms with Crippen LogP contribution in [-0.2, 0) is 19.6 Å². The number of carbonyl (C=O) groups excluding carboxylic acids is 1. The van der Waals surface area contributed by atoms with Crippen molar-refractivity contribution in [2.45, 2.75) is 30.7 Å². The minimum Gasteiger partial charge on any atom is -0.480 e. The Balaban J connectivity index is 2.11. The predicted molar refractivity (Wildman–Crippen MR) is 83.1 cm³/mol. The predicted octanol–water partition coefficient (Wildman–Crippen LogP) is 0.816. The van der Waals surface area contributed by atoms with Gasteiger partial charge in [0.15, 0.2) is 0 Å². The van der Waals surface area contributed by atoms with Crippen LogP contribution in [-0.4, -0.2) is 48.8 Å². The molecule has 1 fully saturated rings. The van der Waals surface area contributed by atoms with Crippen molar-refractivity contribution in [1.82, 2.24) is 9.62 Å². The molecule has 0 bridgehead atoms. The Morgan fingerprint density at radius 1 is 1.33 bits per heavy atom. The van der Waals surface area contributed by atoms with Crippen LogP contribution in [0, 0.1) is 11.7 Å². The second-order valence-corrected chi connectivity index (χ2v) is 7.66. The molecule has 1 amide bonds. The van der Waals surface area contributed by atoms with Gasteiger partial charge in [-0.05, 0) is 44.0 Å². The minimum atomic E-state index is -3.82. The van der Waals surface area contributed by atoms with Gasteiger partial charge in [0.1, 0.15) is 11.9 Å². The van der Waals surface area contributed by atoms with Crippen LogP contribution >= 0.6 is 0 Å². The summed E-state index contributed by atoms with van der Waals surface area (Å²) in [7, 11) is -3.82. The third-order valence-corrected chi connectivity index (χ3v) is 5.81. The van der Waals surface area contributed by atoms with Crippen LogP contribution < -0.4 is 5.32 Å². The summed E-state index contributed by atoms with van der Waals surface area (Å²) in [4.78, 5) is 22.9. The van der Waals surface area contributed by atoms with Crippen molar-refractivity contribution in [2.24, 2.45) is 5.92 Å². The number of hydrogen-bond donors (Lipinski definition) is 2. The third kappa shape index (κ3) is 4.09. The molecule has 0 aliphatic carbocycles. The van der Waals surface area contributed by atoms with Crippen molar-refractivity contribution < 1.29 is 27.5 Å². The van der Waals surface area contributed by atoms with E-state index in [9.17, 15) is 22.4 Å². The van der Waals surface area contributed by atoms with E-state index in [0.29, 0.717) is 12.8 Å². The van der Waals surface area contributed by atoms with Gasteiger partial charge in [0.25, 0.3) is 0 Å². The number of nitrogens with zero attached hydrogens (tertiary/aromatic N) is 1. The molecule has 0 spiro atoms. The van der Waals surface area contributed by atoms with Crippen LogP contribution in [0.3, 0.4) is 0 Å². The molecule has 0 saturated carbocycles. The van der Waals surface area contributed by atoms with Crippen molar-refractivity contribution in [3.8, 4) is 0 Å². The zero-order valence-corrected chi connectivity index (χ0v) is 13.9. The Morgan fingerprint density at radius 3 is 2.54 bits per heavy atom. The van der Waals surface area contributed by atoms with Crippen molar-refractivity contribution in [3.63, 3.8) is 0 Å². The highest BCUT2D eigenvalue weighted by molar-refractivity contribution is 7.89. The molecule has 0 radical (unpaired) electrons. The standard InChI is InChI=1S/C15H19FN2O5S/c1-10(15(20)21)17-14(19)11-3-2-8-18(9-11)24(22,23)13-6-4-12(16)5-7-13/h4-7,10-11H,2-3,8-9H2,1H3,(H,17,19)(H,20,21). The van der Waals surface area contributed by atoms with Gasteiger partial charge < -0.3 is 10.4 Å². The summed E-state index contributed by atoms with van der Waals surface area (Å²) in [6, 6.07) is 3.45. The number of benzene rings is 1. The number of nitrogens with one attached hydrogen (secondary N) is 1. The highest BCUT2D eigenvalue weighted by atomic mass is 32.2. The third-order valence-electron chi connectivity index (χ3n) is 3.94. The summed E-state index contributed by atoms with van der Waals surface area (Å²) in [5.74, 6) is -2.79. The quantitative estimate of drug-likeness (QED) is 0.811. The van der Waals surface area contributed by atoms with Gasteiger partial charge in [0.05, 0.1) is 10.8 Å². The maximum absolute atomic E-state index is 13.0. The number of carboxylic acid groups (broad SMARTS) is 1. The summed E-state index contributed by atoms with van der Waals surface area (Å²) in [5.41, 5.74) is 0. The summed E-state index contributed by atoms with van der Waals surface area (Å²) in [6.45, 7) is 1.58. The molecule has 2 N–H and O–H groups in total. The van der Waals surface area contributed by atoms with Gasteiger partial charge in [-0.2, -0.15) is 4.31 Å². The summed E-state index contributed by atoms with van der Waals surface area (Å²) in [6.07, 6.45) is 0.966. The van der Waals surface area contributed by atoms with Crippen molar-refractivity contribution >= 4 is 21.9 Å². The number of amides is 1. The number of carboxylic acids is 1. The second-order valence-electron chi connectivity index (χ2n) is 5.72. The first-order valence-electron chi connectivity index (χ1n) is 7.50. The maximum Gasteiger partial charge on any atom is 0.325 e. The first-order chi connectivity index (χ1) is 11.2. The van der Waals surface area contributed by atoms with Gasteiger partial charge in [-0.25, -0.2) is 12.8 Å². The van der Waals surface area contributed by atoms with E-state index in [0.717, 1.165) is 12.1 Å². The smallest absolute Gasteiger partial charge is 0.325 e. The van der Waals surface area contributed by atoms with Crippen LogP contribution in [0.25, 0.3) is 0 Å². The highest BCUT2D eigenvalue weighted by Gasteiger charge is 2.34. The average molecular weight is 358 g/mol. The van der Waals surface area contributed by atoms with Crippen molar-refractivity contribution in [2.75, 3.05) is 13.1 Å². The fourth-order valence-corrected chi connectivity index (χ4v) is 4.05. The molecule has 1 aliphatic rings. The summed E-state index contributed by atoms with van der Waals surface area (Å²) >= 11 is 0. The molecule has 1 saturated heterocycles. The van der Waals surface area contributed by atoms with E-state index in [-0.39, 0.29) is 18.0 Å². The monoisotopic (exact) mass is 358 g/mol. The molecule has 0 aromatic heterocycles. The highest BCUT2D eigenvalue weighted by Crippen LogP contribution is 2.24. The SMILES string of the molecule is CC(NC(=O)C1CCCN(S(=O)(=O)c2ccc(F)cc2)C1)C(=O)O. The van der Waals surface area contributed by atoms with Crippen molar-refractivity contribution in [3.05, 3.63) is 30.1 Å². The topological polar surface area (TPSA) is 104 Å². The van der Waals surface area contributed by atoms with Gasteiger partial charge in [-0.15, -0.1) is 0 Å². The summed E-state index contributed by atoms with van der Waals surface area (Å²) in [5, 5.41) is 11.2. The van der Waals surface area contributed by atoms with E-state index in [1.165, 1.54) is 23.4 Å². The van der Waals surface area contributed by atoms with Crippen LogP contribution in [0.2, 0.25) is 0 Å². The van der Waals surface area contributed by atoms with Gasteiger partial charge in [-0.3, -0.25) is 9.59 Å². The van der Waals surface area contributed by atoms with Crippen LogP contribution in [0.4, 0.5) is 4.39 Å². The van der Waals surface area contributed by atoms with E-state index in [1.807, 2.05) is 0 Å². The number of carbonyl (C=O) groups is 2. The number of hydrogen-bond acceptors (Lipinski definition) is 4. The Bertz CT molecular complexity index is 720. The molecular formula is C15H19FN2O5S. The number of aliphatic carboxylic acids is 1. The number of piperidine rings is 1. The van der Waals surface area contributed by atoms with E-state index < -0.39 is 39.7 Å². The number of rotatable bonds is 5. The molecule has 2 atom stereocenters. The van der Waals surface area contributed by atoms with E-state index in [4.69, 9.17) is 5.11 Å². The molecule has 1 aromatic carbocycles. The van der Waals surface area contributed by atoms with Gasteiger partial charge >= 0.3 is 5.97 Å². The zero-order chi connectivity index (χ0) is 17.9. The lowest BCUT2D eigenvalue weighted by Crippen LogP contribution is -2.48. The second kappa shape index (κ2) is 7.27.